The van der Waals surface area contributed by atoms with E-state index in [2.05, 4.69) is 37.3 Å². The quantitative estimate of drug-likeness (QED) is 0.593. The van der Waals surface area contributed by atoms with Crippen molar-refractivity contribution in [3.63, 3.8) is 0 Å². The standard InChI is InChI=1S/C12H16OS/c1-11(6-5-9-13)10-14-12-7-3-2-4-8-12/h2-8,11,13H,9-10H2,1H3/b6-5-/t11-/m0/s1. The van der Waals surface area contributed by atoms with E-state index in [1.165, 1.54) is 4.90 Å². The van der Waals surface area contributed by atoms with E-state index in [-0.39, 0.29) is 6.61 Å². The summed E-state index contributed by atoms with van der Waals surface area (Å²) in [5.74, 6) is 1.56. The van der Waals surface area contributed by atoms with Crippen LogP contribution in [0.3, 0.4) is 0 Å². The highest BCUT2D eigenvalue weighted by atomic mass is 32.2. The minimum Gasteiger partial charge on any atom is -0.392 e. The fourth-order valence-corrected chi connectivity index (χ4v) is 2.01. The molecule has 0 saturated heterocycles. The predicted octanol–water partition coefficient (Wildman–Crippen LogP) is 2.96. The molecule has 0 unspecified atom stereocenters. The van der Waals surface area contributed by atoms with E-state index in [1.807, 2.05) is 17.8 Å². The molecule has 1 aromatic carbocycles. The second kappa shape index (κ2) is 6.68. The summed E-state index contributed by atoms with van der Waals surface area (Å²) in [4.78, 5) is 1.30. The number of aliphatic hydroxyl groups excluding tert-OH is 1. The van der Waals surface area contributed by atoms with Crippen LogP contribution in [-0.2, 0) is 0 Å². The molecule has 76 valence electrons. The Balaban J connectivity index is 2.30. The molecule has 1 nitrogen and oxygen atoms in total. The van der Waals surface area contributed by atoms with Crippen LogP contribution in [0.15, 0.2) is 47.4 Å². The monoisotopic (exact) mass is 208 g/mol. The van der Waals surface area contributed by atoms with Crippen molar-refractivity contribution in [3.05, 3.63) is 42.5 Å². The smallest absolute Gasteiger partial charge is 0.0612 e. The Hall–Kier alpha value is -0.730. The van der Waals surface area contributed by atoms with E-state index in [4.69, 9.17) is 5.11 Å². The Morgan fingerprint density at radius 3 is 2.71 bits per heavy atom. The highest BCUT2D eigenvalue weighted by Gasteiger charge is 1.98. The van der Waals surface area contributed by atoms with Gasteiger partial charge in [0.05, 0.1) is 6.61 Å². The van der Waals surface area contributed by atoms with Crippen molar-refractivity contribution in [1.82, 2.24) is 0 Å². The topological polar surface area (TPSA) is 20.2 Å². The highest BCUT2D eigenvalue weighted by Crippen LogP contribution is 2.20. The summed E-state index contributed by atoms with van der Waals surface area (Å²) in [6.45, 7) is 2.29. The van der Waals surface area contributed by atoms with Crippen molar-refractivity contribution < 1.29 is 5.11 Å². The molecule has 0 amide bonds. The van der Waals surface area contributed by atoms with Crippen LogP contribution in [-0.4, -0.2) is 17.5 Å². The van der Waals surface area contributed by atoms with E-state index in [9.17, 15) is 0 Å². The van der Waals surface area contributed by atoms with Crippen LogP contribution in [0.1, 0.15) is 6.92 Å². The van der Waals surface area contributed by atoms with E-state index >= 15 is 0 Å². The van der Waals surface area contributed by atoms with Gasteiger partial charge in [-0.3, -0.25) is 0 Å². The molecule has 0 spiro atoms. The van der Waals surface area contributed by atoms with Crippen LogP contribution >= 0.6 is 11.8 Å². The molecule has 0 fully saturated rings. The summed E-state index contributed by atoms with van der Waals surface area (Å²) in [6.07, 6.45) is 3.85. The van der Waals surface area contributed by atoms with Gasteiger partial charge in [0.2, 0.25) is 0 Å². The van der Waals surface area contributed by atoms with Gasteiger partial charge in [0.25, 0.3) is 0 Å². The van der Waals surface area contributed by atoms with Crippen molar-refractivity contribution in [2.75, 3.05) is 12.4 Å². The van der Waals surface area contributed by atoms with Gasteiger partial charge < -0.3 is 5.11 Å². The lowest BCUT2D eigenvalue weighted by Crippen LogP contribution is -1.93. The maximum absolute atomic E-state index is 8.61. The van der Waals surface area contributed by atoms with Gasteiger partial charge in [0.1, 0.15) is 0 Å². The number of allylic oxidation sites excluding steroid dienone is 1. The zero-order valence-electron chi connectivity index (χ0n) is 8.39. The predicted molar refractivity (Wildman–Crippen MR) is 62.6 cm³/mol. The van der Waals surface area contributed by atoms with Crippen LogP contribution in [0.2, 0.25) is 0 Å². The van der Waals surface area contributed by atoms with Crippen LogP contribution in [0.4, 0.5) is 0 Å². The van der Waals surface area contributed by atoms with Crippen molar-refractivity contribution in [2.45, 2.75) is 11.8 Å². The van der Waals surface area contributed by atoms with Gasteiger partial charge in [-0.15, -0.1) is 11.8 Å². The number of hydrogen-bond acceptors (Lipinski definition) is 2. The van der Waals surface area contributed by atoms with E-state index in [1.54, 1.807) is 6.08 Å². The number of thioether (sulfide) groups is 1. The number of hydrogen-bond donors (Lipinski definition) is 1. The Morgan fingerprint density at radius 2 is 2.07 bits per heavy atom. The molecule has 0 aliphatic heterocycles. The van der Waals surface area contributed by atoms with Gasteiger partial charge in [-0.2, -0.15) is 0 Å². The molecule has 1 atom stereocenters. The van der Waals surface area contributed by atoms with Crippen molar-refractivity contribution >= 4 is 11.8 Å². The molecule has 0 aliphatic rings. The zero-order chi connectivity index (χ0) is 10.2. The fourth-order valence-electron chi connectivity index (χ4n) is 1.09. The third-order valence-electron chi connectivity index (χ3n) is 1.83. The SMILES string of the molecule is C[C@@H](/C=C\CO)CSc1ccccc1. The van der Waals surface area contributed by atoms with Gasteiger partial charge >= 0.3 is 0 Å². The van der Waals surface area contributed by atoms with Gasteiger partial charge in [-0.25, -0.2) is 0 Å². The molecule has 0 radical (unpaired) electrons. The molecule has 14 heavy (non-hydrogen) atoms. The summed E-state index contributed by atoms with van der Waals surface area (Å²) < 4.78 is 0. The number of aliphatic hydroxyl groups is 1. The maximum Gasteiger partial charge on any atom is 0.0612 e. The first kappa shape index (κ1) is 11.3. The molecule has 1 aromatic rings. The summed E-state index contributed by atoms with van der Waals surface area (Å²) in [6, 6.07) is 10.4. The van der Waals surface area contributed by atoms with Crippen molar-refractivity contribution in [2.24, 2.45) is 5.92 Å². The third-order valence-corrected chi connectivity index (χ3v) is 3.12. The van der Waals surface area contributed by atoms with Crippen molar-refractivity contribution in [1.29, 1.82) is 0 Å². The Bertz CT molecular complexity index is 269. The first-order chi connectivity index (χ1) is 6.83. The lowest BCUT2D eigenvalue weighted by molar-refractivity contribution is 0.342. The minimum absolute atomic E-state index is 0.139. The second-order valence-electron chi connectivity index (χ2n) is 3.21. The summed E-state index contributed by atoms with van der Waals surface area (Å²) in [5, 5.41) is 8.61. The largest absolute Gasteiger partial charge is 0.392 e. The van der Waals surface area contributed by atoms with Crippen LogP contribution < -0.4 is 0 Å². The Labute approximate surface area is 89.8 Å². The highest BCUT2D eigenvalue weighted by molar-refractivity contribution is 7.99. The van der Waals surface area contributed by atoms with Gasteiger partial charge in [0.15, 0.2) is 0 Å². The molecular weight excluding hydrogens is 192 g/mol. The summed E-state index contributed by atoms with van der Waals surface area (Å²) >= 11 is 1.85. The average molecular weight is 208 g/mol. The first-order valence-electron chi connectivity index (χ1n) is 4.78. The van der Waals surface area contributed by atoms with Gasteiger partial charge in [-0.05, 0) is 18.1 Å². The summed E-state index contributed by atoms with van der Waals surface area (Å²) in [5.41, 5.74) is 0. The van der Waals surface area contributed by atoms with E-state index in [0.29, 0.717) is 5.92 Å². The first-order valence-corrected chi connectivity index (χ1v) is 5.77. The molecule has 0 aliphatic carbocycles. The molecule has 1 rings (SSSR count). The average Bonchev–Trinajstić information content (AvgIpc) is 2.25. The minimum atomic E-state index is 0.139. The lowest BCUT2D eigenvalue weighted by atomic mass is 10.2. The van der Waals surface area contributed by atoms with Gasteiger partial charge in [0, 0.05) is 10.6 Å². The summed E-state index contributed by atoms with van der Waals surface area (Å²) in [7, 11) is 0. The molecule has 0 heterocycles. The third kappa shape index (κ3) is 4.49. The molecular formula is C12H16OS. The van der Waals surface area contributed by atoms with E-state index < -0.39 is 0 Å². The molecule has 0 aromatic heterocycles. The molecule has 0 bridgehead atoms. The number of rotatable bonds is 5. The molecule has 1 N–H and O–H groups in total. The normalized spacial score (nSPS) is 13.3. The van der Waals surface area contributed by atoms with Crippen LogP contribution in [0.25, 0.3) is 0 Å². The molecule has 0 saturated carbocycles. The van der Waals surface area contributed by atoms with Gasteiger partial charge in [-0.1, -0.05) is 37.3 Å². The van der Waals surface area contributed by atoms with Crippen molar-refractivity contribution in [3.8, 4) is 0 Å². The van der Waals surface area contributed by atoms with Crippen LogP contribution in [0, 0.1) is 5.92 Å². The lowest BCUT2D eigenvalue weighted by Gasteiger charge is -2.05. The van der Waals surface area contributed by atoms with Crippen LogP contribution in [0.5, 0.6) is 0 Å². The fraction of sp³-hybridized carbons (Fsp3) is 0.333. The van der Waals surface area contributed by atoms with E-state index in [0.717, 1.165) is 5.75 Å². The maximum atomic E-state index is 8.61. The Kier molecular flexibility index (Phi) is 5.42. The second-order valence-corrected chi connectivity index (χ2v) is 4.31. The number of benzene rings is 1. The molecule has 2 heteroatoms. The Morgan fingerprint density at radius 1 is 1.36 bits per heavy atom. The zero-order valence-corrected chi connectivity index (χ0v) is 9.20.